The molecule has 2 saturated carbocycles. The van der Waals surface area contributed by atoms with Crippen molar-refractivity contribution in [1.82, 2.24) is 0 Å². The van der Waals surface area contributed by atoms with Crippen molar-refractivity contribution in [1.29, 1.82) is 0 Å². The van der Waals surface area contributed by atoms with Gasteiger partial charge in [0.1, 0.15) is 5.41 Å². The number of halogens is 2. The second kappa shape index (κ2) is 3.16. The van der Waals surface area contributed by atoms with E-state index in [4.69, 9.17) is 4.74 Å². The van der Waals surface area contributed by atoms with Gasteiger partial charge in [-0.1, -0.05) is 13.3 Å². The zero-order valence-electron chi connectivity index (χ0n) is 9.06. The highest BCUT2D eigenvalue weighted by Crippen LogP contribution is 2.79. The van der Waals surface area contributed by atoms with Gasteiger partial charge >= 0.3 is 5.97 Å². The van der Waals surface area contributed by atoms with Crippen molar-refractivity contribution in [3.8, 4) is 0 Å². The van der Waals surface area contributed by atoms with Crippen molar-refractivity contribution in [2.75, 3.05) is 6.61 Å². The summed E-state index contributed by atoms with van der Waals surface area (Å²) in [6, 6.07) is 0. The van der Waals surface area contributed by atoms with Crippen LogP contribution in [0.25, 0.3) is 0 Å². The van der Waals surface area contributed by atoms with E-state index in [1.54, 1.807) is 6.92 Å². The van der Waals surface area contributed by atoms with Crippen molar-refractivity contribution in [2.24, 2.45) is 17.3 Å². The maximum Gasteiger partial charge on any atom is 0.318 e. The molecule has 3 atom stereocenters. The lowest BCUT2D eigenvalue weighted by Crippen LogP contribution is -2.55. The molecule has 2 nitrogen and oxygen atoms in total. The van der Waals surface area contributed by atoms with E-state index in [0.717, 1.165) is 6.42 Å². The second-order valence-corrected chi connectivity index (χ2v) is 4.52. The molecule has 0 bridgehead atoms. The van der Waals surface area contributed by atoms with Gasteiger partial charge in [0.15, 0.2) is 0 Å². The number of alkyl halides is 2. The Morgan fingerprint density at radius 3 is 2.60 bits per heavy atom. The lowest BCUT2D eigenvalue weighted by atomic mass is 9.68. The Morgan fingerprint density at radius 1 is 1.47 bits per heavy atom. The van der Waals surface area contributed by atoms with Gasteiger partial charge in [-0.2, -0.15) is 0 Å². The largest absolute Gasteiger partial charge is 0.465 e. The molecule has 2 fully saturated rings. The molecule has 4 heteroatoms. The van der Waals surface area contributed by atoms with Gasteiger partial charge < -0.3 is 4.74 Å². The first-order valence-electron chi connectivity index (χ1n) is 5.57. The zero-order chi connectivity index (χ0) is 11.3. The summed E-state index contributed by atoms with van der Waals surface area (Å²) in [5.41, 5.74) is -1.43. The summed E-state index contributed by atoms with van der Waals surface area (Å²) in [5, 5.41) is 0. The summed E-state index contributed by atoms with van der Waals surface area (Å²) < 4.78 is 32.2. The Bertz CT molecular complexity index is 290. The van der Waals surface area contributed by atoms with Crippen LogP contribution in [0.2, 0.25) is 0 Å². The molecule has 0 radical (unpaired) electrons. The van der Waals surface area contributed by atoms with E-state index in [9.17, 15) is 13.6 Å². The van der Waals surface area contributed by atoms with E-state index in [0.29, 0.717) is 12.8 Å². The Hall–Kier alpha value is -0.670. The number of rotatable bonds is 4. The highest BCUT2D eigenvalue weighted by Gasteiger charge is 2.88. The van der Waals surface area contributed by atoms with Gasteiger partial charge in [0.05, 0.1) is 6.61 Å². The summed E-state index contributed by atoms with van der Waals surface area (Å²) in [7, 11) is 0. The Labute approximate surface area is 88.0 Å². The van der Waals surface area contributed by atoms with Gasteiger partial charge in [0.25, 0.3) is 5.92 Å². The molecule has 0 aromatic rings. The molecule has 0 spiro atoms. The molecule has 0 saturated heterocycles. The number of carbonyl (C=O) groups excluding carboxylic acids is 1. The molecule has 2 rings (SSSR count). The molecule has 0 unspecified atom stereocenters. The van der Waals surface area contributed by atoms with E-state index in [2.05, 4.69) is 0 Å². The van der Waals surface area contributed by atoms with Gasteiger partial charge in [-0.3, -0.25) is 4.79 Å². The SMILES string of the molecule is CCC[C@@H]1[C@H]2C[C@@]2(C(=O)OCC)C1(F)F. The Balaban J connectivity index is 2.08. The zero-order valence-corrected chi connectivity index (χ0v) is 9.06. The van der Waals surface area contributed by atoms with Crippen LogP contribution in [0.3, 0.4) is 0 Å². The maximum absolute atomic E-state index is 13.8. The van der Waals surface area contributed by atoms with Crippen molar-refractivity contribution >= 4 is 5.97 Å². The number of fused-ring (bicyclic) bond motifs is 1. The highest BCUT2D eigenvalue weighted by molar-refractivity contribution is 5.84. The average Bonchev–Trinajstić information content (AvgIpc) is 2.87. The molecule has 2 aliphatic carbocycles. The van der Waals surface area contributed by atoms with Crippen LogP contribution in [0.15, 0.2) is 0 Å². The van der Waals surface area contributed by atoms with Gasteiger partial charge in [-0.15, -0.1) is 0 Å². The molecule has 86 valence electrons. The fraction of sp³-hybridized carbons (Fsp3) is 0.909. The topological polar surface area (TPSA) is 26.3 Å². The molecule has 2 aliphatic rings. The average molecular weight is 218 g/mol. The minimum absolute atomic E-state index is 0.119. The summed E-state index contributed by atoms with van der Waals surface area (Å²) in [4.78, 5) is 11.5. The van der Waals surface area contributed by atoms with E-state index in [-0.39, 0.29) is 12.5 Å². The lowest BCUT2D eigenvalue weighted by Gasteiger charge is -2.42. The summed E-state index contributed by atoms with van der Waals surface area (Å²) in [5.74, 6) is -4.23. The Kier molecular flexibility index (Phi) is 2.28. The van der Waals surface area contributed by atoms with Crippen molar-refractivity contribution in [3.05, 3.63) is 0 Å². The Morgan fingerprint density at radius 2 is 2.13 bits per heavy atom. The van der Waals surface area contributed by atoms with Crippen molar-refractivity contribution in [3.63, 3.8) is 0 Å². The first-order chi connectivity index (χ1) is 7.02. The molecule has 0 amide bonds. The molecule has 0 aliphatic heterocycles. The molecule has 0 heterocycles. The standard InChI is InChI=1S/C11H16F2O2/c1-3-5-7-8-6-10(8,11(7,12)13)9(14)15-4-2/h7-8H,3-6H2,1-2H3/t7-,8-,10-/m1/s1. The number of ether oxygens (including phenoxy) is 1. The van der Waals surface area contributed by atoms with Crippen LogP contribution in [0.5, 0.6) is 0 Å². The second-order valence-electron chi connectivity index (χ2n) is 4.52. The smallest absolute Gasteiger partial charge is 0.318 e. The number of hydrogen-bond donors (Lipinski definition) is 0. The minimum Gasteiger partial charge on any atom is -0.465 e. The normalized spacial score (nSPS) is 40.3. The molecule has 15 heavy (non-hydrogen) atoms. The van der Waals surface area contributed by atoms with Crippen LogP contribution in [-0.4, -0.2) is 18.5 Å². The predicted octanol–water partition coefficient (Wildman–Crippen LogP) is 2.62. The van der Waals surface area contributed by atoms with Crippen LogP contribution in [-0.2, 0) is 9.53 Å². The predicted molar refractivity (Wildman–Crippen MR) is 50.5 cm³/mol. The lowest BCUT2D eigenvalue weighted by molar-refractivity contribution is -0.216. The molecule has 0 aromatic heterocycles. The third-order valence-electron chi connectivity index (χ3n) is 3.80. The number of esters is 1. The van der Waals surface area contributed by atoms with Gasteiger partial charge in [0, 0.05) is 5.92 Å². The molecular weight excluding hydrogens is 202 g/mol. The minimum atomic E-state index is -2.83. The van der Waals surface area contributed by atoms with Gasteiger partial charge in [-0.05, 0) is 25.7 Å². The number of carbonyl (C=O) groups is 1. The monoisotopic (exact) mass is 218 g/mol. The summed E-state index contributed by atoms with van der Waals surface area (Å²) in [6.07, 6.45) is 1.58. The molecule has 0 aromatic carbocycles. The van der Waals surface area contributed by atoms with Gasteiger partial charge in [0.2, 0.25) is 0 Å². The first-order valence-corrected chi connectivity index (χ1v) is 5.57. The fourth-order valence-corrected chi connectivity index (χ4v) is 2.97. The van der Waals surface area contributed by atoms with Crippen LogP contribution < -0.4 is 0 Å². The molecular formula is C11H16F2O2. The van der Waals surface area contributed by atoms with Crippen LogP contribution in [0, 0.1) is 17.3 Å². The van der Waals surface area contributed by atoms with E-state index in [1.807, 2.05) is 6.92 Å². The van der Waals surface area contributed by atoms with Crippen LogP contribution >= 0.6 is 0 Å². The van der Waals surface area contributed by atoms with E-state index < -0.39 is 23.2 Å². The fourth-order valence-electron chi connectivity index (χ4n) is 2.97. The third-order valence-corrected chi connectivity index (χ3v) is 3.80. The number of hydrogen-bond acceptors (Lipinski definition) is 2. The highest BCUT2D eigenvalue weighted by atomic mass is 19.3. The maximum atomic E-state index is 13.8. The first kappa shape index (κ1) is 10.8. The quantitative estimate of drug-likeness (QED) is 0.678. The van der Waals surface area contributed by atoms with Crippen molar-refractivity contribution < 1.29 is 18.3 Å². The summed E-state index contributed by atoms with van der Waals surface area (Å²) >= 11 is 0. The summed E-state index contributed by atoms with van der Waals surface area (Å²) in [6.45, 7) is 3.72. The van der Waals surface area contributed by atoms with Crippen LogP contribution in [0.1, 0.15) is 33.1 Å². The van der Waals surface area contributed by atoms with Crippen molar-refractivity contribution in [2.45, 2.75) is 39.0 Å². The van der Waals surface area contributed by atoms with E-state index >= 15 is 0 Å². The van der Waals surface area contributed by atoms with E-state index in [1.165, 1.54) is 0 Å². The van der Waals surface area contributed by atoms with Gasteiger partial charge in [-0.25, -0.2) is 8.78 Å². The van der Waals surface area contributed by atoms with Crippen LogP contribution in [0.4, 0.5) is 8.78 Å². The molecule has 0 N–H and O–H groups in total. The third kappa shape index (κ3) is 1.11.